The highest BCUT2D eigenvalue weighted by atomic mass is 19.4. The molecule has 0 bridgehead atoms. The lowest BCUT2D eigenvalue weighted by Crippen LogP contribution is -2.62. The predicted octanol–water partition coefficient (Wildman–Crippen LogP) is 4.32. The first-order valence-corrected chi connectivity index (χ1v) is 3.61. The summed E-state index contributed by atoms with van der Waals surface area (Å²) in [5, 5.41) is 0. The molecule has 0 unspecified atom stereocenters. The van der Waals surface area contributed by atoms with Crippen molar-refractivity contribution in [3.05, 3.63) is 0 Å². The summed E-state index contributed by atoms with van der Waals surface area (Å²) in [5.74, 6) is -3.74. The Morgan fingerprint density at radius 1 is 0.750 bits per heavy atom. The SMILES string of the molecule is [2H]C([2H])([2H])[C@@H](C)C(C(F)(F)F)(C(F)(F)F)C(F)(F)F. The standard InChI is InChI=1S/C7H7F9/c1-3(2)4(5(8,9)10,6(11,12)13)7(14,15)16/h3H,1-2H3/i1D3/t3-/m0/s1. The first kappa shape index (κ1) is 10.5. The molecule has 0 saturated heterocycles. The molecule has 0 heterocycles. The Hall–Kier alpha value is -0.630. The summed E-state index contributed by atoms with van der Waals surface area (Å²) in [6.45, 7) is -4.35. The Morgan fingerprint density at radius 2 is 1.00 bits per heavy atom. The van der Waals surface area contributed by atoms with E-state index >= 15 is 0 Å². The third-order valence-corrected chi connectivity index (χ3v) is 1.99. The van der Waals surface area contributed by atoms with Crippen molar-refractivity contribution < 1.29 is 43.6 Å². The van der Waals surface area contributed by atoms with Crippen molar-refractivity contribution in [2.75, 3.05) is 0 Å². The number of hydrogen-bond acceptors (Lipinski definition) is 0. The van der Waals surface area contributed by atoms with Crippen LogP contribution in [0.3, 0.4) is 0 Å². The Bertz CT molecular complexity index is 285. The van der Waals surface area contributed by atoms with Crippen LogP contribution < -0.4 is 0 Å². The highest BCUT2D eigenvalue weighted by Gasteiger charge is 2.84. The molecule has 16 heavy (non-hydrogen) atoms. The lowest BCUT2D eigenvalue weighted by atomic mass is 9.75. The molecule has 0 radical (unpaired) electrons. The molecular weight excluding hydrogens is 255 g/mol. The van der Waals surface area contributed by atoms with Gasteiger partial charge in [-0.25, -0.2) is 0 Å². The Balaban J connectivity index is 6.45. The van der Waals surface area contributed by atoms with Crippen LogP contribution in [0.25, 0.3) is 0 Å². The lowest BCUT2D eigenvalue weighted by Gasteiger charge is -2.41. The zero-order valence-corrected chi connectivity index (χ0v) is 7.48. The van der Waals surface area contributed by atoms with E-state index in [2.05, 4.69) is 0 Å². The number of hydrogen-bond donors (Lipinski definition) is 0. The van der Waals surface area contributed by atoms with E-state index in [0.29, 0.717) is 0 Å². The molecule has 0 aliphatic heterocycles. The molecule has 0 aromatic rings. The average Bonchev–Trinajstić information content (AvgIpc) is 1.92. The summed E-state index contributed by atoms with van der Waals surface area (Å²) in [5.41, 5.74) is -6.31. The van der Waals surface area contributed by atoms with Crippen LogP contribution in [-0.4, -0.2) is 18.5 Å². The minimum Gasteiger partial charge on any atom is -0.170 e. The minimum atomic E-state index is -6.85. The van der Waals surface area contributed by atoms with Crippen molar-refractivity contribution in [1.82, 2.24) is 0 Å². The Morgan fingerprint density at radius 3 is 1.06 bits per heavy atom. The van der Waals surface area contributed by atoms with Crippen LogP contribution in [0.4, 0.5) is 39.5 Å². The van der Waals surface area contributed by atoms with Crippen LogP contribution in [0.15, 0.2) is 0 Å². The molecule has 0 aliphatic carbocycles. The molecule has 0 amide bonds. The van der Waals surface area contributed by atoms with Crippen molar-refractivity contribution in [3.8, 4) is 0 Å². The van der Waals surface area contributed by atoms with Crippen molar-refractivity contribution in [3.63, 3.8) is 0 Å². The summed E-state index contributed by atoms with van der Waals surface area (Å²) < 4.78 is 132. The first-order chi connectivity index (χ1) is 7.90. The van der Waals surface area contributed by atoms with E-state index in [1.54, 1.807) is 0 Å². The van der Waals surface area contributed by atoms with Crippen LogP contribution in [0, 0.1) is 11.3 Å². The zero-order valence-electron chi connectivity index (χ0n) is 10.5. The zero-order chi connectivity index (χ0) is 16.1. The van der Waals surface area contributed by atoms with E-state index in [9.17, 15) is 39.5 Å². The molecule has 0 aromatic carbocycles. The fraction of sp³-hybridized carbons (Fsp3) is 1.00. The predicted molar refractivity (Wildman–Crippen MR) is 35.4 cm³/mol. The van der Waals surface area contributed by atoms with Crippen LogP contribution in [-0.2, 0) is 0 Å². The highest BCUT2D eigenvalue weighted by Crippen LogP contribution is 2.63. The van der Waals surface area contributed by atoms with Gasteiger partial charge in [-0.05, 0) is 5.92 Å². The number of halogens is 9. The van der Waals surface area contributed by atoms with Gasteiger partial charge in [-0.3, -0.25) is 0 Å². The summed E-state index contributed by atoms with van der Waals surface area (Å²) in [7, 11) is 0. The summed E-state index contributed by atoms with van der Waals surface area (Å²) in [6, 6.07) is 0. The molecule has 0 spiro atoms. The molecule has 0 N–H and O–H groups in total. The molecule has 0 fully saturated rings. The first-order valence-electron chi connectivity index (χ1n) is 5.11. The second-order valence-electron chi connectivity index (χ2n) is 3.02. The van der Waals surface area contributed by atoms with E-state index in [0.717, 1.165) is 0 Å². The van der Waals surface area contributed by atoms with E-state index in [1.807, 2.05) is 0 Å². The monoisotopic (exact) mass is 265 g/mol. The maximum Gasteiger partial charge on any atom is 0.412 e. The second kappa shape index (κ2) is 3.69. The van der Waals surface area contributed by atoms with Gasteiger partial charge in [-0.1, -0.05) is 13.8 Å². The van der Waals surface area contributed by atoms with Gasteiger partial charge in [0.25, 0.3) is 5.41 Å². The van der Waals surface area contributed by atoms with Crippen molar-refractivity contribution >= 4 is 0 Å². The van der Waals surface area contributed by atoms with Gasteiger partial charge in [0, 0.05) is 4.11 Å². The maximum atomic E-state index is 12.5. The Kier molecular flexibility index (Phi) is 2.43. The number of alkyl halides is 9. The summed E-state index contributed by atoms with van der Waals surface area (Å²) in [4.78, 5) is 0. The fourth-order valence-electron chi connectivity index (χ4n) is 1.22. The Labute approximate surface area is 88.6 Å². The summed E-state index contributed by atoms with van der Waals surface area (Å²) in [6.07, 6.45) is -20.5. The highest BCUT2D eigenvalue weighted by molar-refractivity contribution is 5.01. The van der Waals surface area contributed by atoms with Gasteiger partial charge in [0.15, 0.2) is 0 Å². The maximum absolute atomic E-state index is 12.5. The molecule has 98 valence electrons. The smallest absolute Gasteiger partial charge is 0.170 e. The fourth-order valence-corrected chi connectivity index (χ4v) is 1.22. The quantitative estimate of drug-likeness (QED) is 0.619. The molecule has 0 aromatic heterocycles. The molecule has 1 atom stereocenters. The minimum absolute atomic E-state index is 0.249. The van der Waals surface area contributed by atoms with Gasteiger partial charge < -0.3 is 0 Å². The third kappa shape index (κ3) is 1.95. The third-order valence-electron chi connectivity index (χ3n) is 1.99. The van der Waals surface area contributed by atoms with Gasteiger partial charge in [0.1, 0.15) is 0 Å². The lowest BCUT2D eigenvalue weighted by molar-refractivity contribution is -0.440. The largest absolute Gasteiger partial charge is 0.412 e. The molecule has 0 aliphatic rings. The van der Waals surface area contributed by atoms with Gasteiger partial charge in [0.2, 0.25) is 0 Å². The molecule has 9 heteroatoms. The van der Waals surface area contributed by atoms with E-state index in [-0.39, 0.29) is 6.92 Å². The van der Waals surface area contributed by atoms with Crippen LogP contribution >= 0.6 is 0 Å². The average molecular weight is 265 g/mol. The van der Waals surface area contributed by atoms with Gasteiger partial charge in [0.05, 0.1) is 0 Å². The van der Waals surface area contributed by atoms with Crippen LogP contribution in [0.1, 0.15) is 17.9 Å². The van der Waals surface area contributed by atoms with Crippen LogP contribution in [0.5, 0.6) is 0 Å². The summed E-state index contributed by atoms with van der Waals surface area (Å²) >= 11 is 0. The van der Waals surface area contributed by atoms with E-state index in [4.69, 9.17) is 4.11 Å². The molecule has 0 nitrogen and oxygen atoms in total. The normalized spacial score (nSPS) is 21.0. The van der Waals surface area contributed by atoms with Gasteiger partial charge >= 0.3 is 18.5 Å². The molecular formula is C7H7F9. The molecule has 0 rings (SSSR count). The topological polar surface area (TPSA) is 0 Å². The molecule has 0 saturated carbocycles. The van der Waals surface area contributed by atoms with Crippen molar-refractivity contribution in [1.29, 1.82) is 0 Å². The van der Waals surface area contributed by atoms with E-state index in [1.165, 1.54) is 0 Å². The van der Waals surface area contributed by atoms with E-state index < -0.39 is 36.7 Å². The number of rotatable bonds is 1. The van der Waals surface area contributed by atoms with Crippen LogP contribution in [0.2, 0.25) is 0 Å². The van der Waals surface area contributed by atoms with Gasteiger partial charge in [-0.2, -0.15) is 39.5 Å². The van der Waals surface area contributed by atoms with Gasteiger partial charge in [-0.15, -0.1) is 0 Å². The second-order valence-corrected chi connectivity index (χ2v) is 3.02. The van der Waals surface area contributed by atoms with Crippen molar-refractivity contribution in [2.45, 2.75) is 32.3 Å². The van der Waals surface area contributed by atoms with Crippen molar-refractivity contribution in [2.24, 2.45) is 11.3 Å².